The van der Waals surface area contributed by atoms with Crippen LogP contribution in [0.4, 0.5) is 19.3 Å². The van der Waals surface area contributed by atoms with Crippen molar-refractivity contribution in [2.24, 2.45) is 0 Å². The number of anilines is 1. The fourth-order valence-corrected chi connectivity index (χ4v) is 3.98. The zero-order chi connectivity index (χ0) is 26.9. The smallest absolute Gasteiger partial charge is 0.326 e. The number of halogens is 2. The molecule has 5 nitrogen and oxygen atoms in total. The molecule has 190 valence electrons. The molecule has 3 aromatic rings. The number of benzene rings is 3. The molecular formula is C29H32F2N2O3. The van der Waals surface area contributed by atoms with Gasteiger partial charge >= 0.3 is 6.03 Å². The third-order valence-corrected chi connectivity index (χ3v) is 6.46. The van der Waals surface area contributed by atoms with Gasteiger partial charge in [-0.2, -0.15) is 0 Å². The van der Waals surface area contributed by atoms with Crippen LogP contribution in [0, 0.1) is 46.3 Å². The first-order chi connectivity index (χ1) is 16.7. The highest BCUT2D eigenvalue weighted by Crippen LogP contribution is 2.39. The van der Waals surface area contributed by atoms with Crippen molar-refractivity contribution in [1.82, 2.24) is 5.32 Å². The minimum Gasteiger partial charge on any atom is -0.457 e. The summed E-state index contributed by atoms with van der Waals surface area (Å²) < 4.78 is 34.1. The lowest BCUT2D eigenvalue weighted by atomic mass is 9.86. The SMILES string of the molecule is Cc1cc(C(C)(C)C)ccc1Oc1c(C)c(C)c(NC(=O)NC(=O)c2c(F)cccc2F)c(C)c1C. The van der Waals surface area contributed by atoms with Crippen LogP contribution in [0.2, 0.25) is 0 Å². The summed E-state index contributed by atoms with van der Waals surface area (Å²) in [5.74, 6) is -1.84. The number of ether oxygens (including phenoxy) is 1. The summed E-state index contributed by atoms with van der Waals surface area (Å²) in [6.07, 6.45) is 0. The Morgan fingerprint density at radius 3 is 1.89 bits per heavy atom. The molecule has 0 radical (unpaired) electrons. The van der Waals surface area contributed by atoms with Crippen LogP contribution in [0.1, 0.15) is 64.5 Å². The van der Waals surface area contributed by atoms with E-state index < -0.39 is 29.1 Å². The number of nitrogens with one attached hydrogen (secondary N) is 2. The van der Waals surface area contributed by atoms with Gasteiger partial charge in [-0.3, -0.25) is 10.1 Å². The second-order valence-corrected chi connectivity index (χ2v) is 10.0. The first kappa shape index (κ1) is 26.9. The van der Waals surface area contributed by atoms with Gasteiger partial charge in [0.1, 0.15) is 28.7 Å². The number of aryl methyl sites for hydroxylation is 1. The summed E-state index contributed by atoms with van der Waals surface area (Å²) in [5.41, 5.74) is 5.06. The maximum absolute atomic E-state index is 13.9. The number of carbonyl (C=O) groups excluding carboxylic acids is 2. The maximum Gasteiger partial charge on any atom is 0.326 e. The fourth-order valence-electron chi connectivity index (χ4n) is 3.98. The number of rotatable bonds is 4. The zero-order valence-corrected chi connectivity index (χ0v) is 21.9. The lowest BCUT2D eigenvalue weighted by Gasteiger charge is -2.23. The molecule has 3 amide bonds. The topological polar surface area (TPSA) is 67.4 Å². The van der Waals surface area contributed by atoms with Crippen molar-refractivity contribution in [2.75, 3.05) is 5.32 Å². The van der Waals surface area contributed by atoms with E-state index in [1.165, 1.54) is 5.56 Å². The fraction of sp³-hybridized carbons (Fsp3) is 0.310. The Hall–Kier alpha value is -3.74. The van der Waals surface area contributed by atoms with E-state index in [9.17, 15) is 18.4 Å². The van der Waals surface area contributed by atoms with Gasteiger partial charge in [-0.15, -0.1) is 0 Å². The summed E-state index contributed by atoms with van der Waals surface area (Å²) in [6.45, 7) is 15.9. The van der Waals surface area contributed by atoms with Crippen molar-refractivity contribution in [3.05, 3.63) is 87.0 Å². The van der Waals surface area contributed by atoms with Gasteiger partial charge in [-0.1, -0.05) is 39.0 Å². The van der Waals surface area contributed by atoms with Gasteiger partial charge in [0.2, 0.25) is 0 Å². The molecule has 0 atom stereocenters. The Morgan fingerprint density at radius 1 is 0.833 bits per heavy atom. The van der Waals surface area contributed by atoms with E-state index in [1.807, 2.05) is 46.0 Å². The van der Waals surface area contributed by atoms with Crippen molar-refractivity contribution < 1.29 is 23.1 Å². The maximum atomic E-state index is 13.9. The second-order valence-electron chi connectivity index (χ2n) is 10.0. The van der Waals surface area contributed by atoms with Gasteiger partial charge < -0.3 is 10.1 Å². The van der Waals surface area contributed by atoms with Crippen LogP contribution in [0.25, 0.3) is 0 Å². The van der Waals surface area contributed by atoms with Crippen LogP contribution in [-0.2, 0) is 5.41 Å². The van der Waals surface area contributed by atoms with E-state index in [0.717, 1.165) is 51.8 Å². The van der Waals surface area contributed by atoms with E-state index >= 15 is 0 Å². The van der Waals surface area contributed by atoms with Crippen LogP contribution in [0.5, 0.6) is 11.5 Å². The molecule has 0 saturated carbocycles. The summed E-state index contributed by atoms with van der Waals surface area (Å²) in [4.78, 5) is 24.9. The summed E-state index contributed by atoms with van der Waals surface area (Å²) in [5, 5.41) is 4.65. The zero-order valence-electron chi connectivity index (χ0n) is 21.9. The monoisotopic (exact) mass is 494 g/mol. The minimum atomic E-state index is -1.17. The number of amides is 3. The first-order valence-corrected chi connectivity index (χ1v) is 11.7. The molecule has 0 spiro atoms. The molecule has 3 rings (SSSR count). The molecule has 0 bridgehead atoms. The first-order valence-electron chi connectivity index (χ1n) is 11.7. The standard InChI is InChI=1S/C29H32F2N2O3/c1-15-14-20(29(6,7)8)12-13-23(15)36-26-18(4)16(2)25(17(3)19(26)5)32-28(35)33-27(34)24-21(30)10-9-11-22(24)31/h9-14H,1-8H3,(H2,32,33,34,35). The lowest BCUT2D eigenvalue weighted by molar-refractivity contribution is 0.0959. The predicted octanol–water partition coefficient (Wildman–Crippen LogP) is 7.56. The van der Waals surface area contributed by atoms with Gasteiger partial charge in [-0.25, -0.2) is 13.6 Å². The molecular weight excluding hydrogens is 462 g/mol. The number of carbonyl (C=O) groups is 2. The molecule has 0 aliphatic rings. The quantitative estimate of drug-likeness (QED) is 0.393. The molecule has 0 fully saturated rings. The van der Waals surface area contributed by atoms with Gasteiger partial charge in [0.05, 0.1) is 0 Å². The van der Waals surface area contributed by atoms with Crippen LogP contribution in [-0.4, -0.2) is 11.9 Å². The lowest BCUT2D eigenvalue weighted by Crippen LogP contribution is -2.35. The van der Waals surface area contributed by atoms with Crippen molar-refractivity contribution in [2.45, 2.75) is 60.8 Å². The molecule has 36 heavy (non-hydrogen) atoms. The number of hydrogen-bond donors (Lipinski definition) is 2. The normalized spacial score (nSPS) is 11.3. The summed E-state index contributed by atoms with van der Waals surface area (Å²) in [6, 6.07) is 8.30. The van der Waals surface area contributed by atoms with E-state index in [1.54, 1.807) is 0 Å². The summed E-state index contributed by atoms with van der Waals surface area (Å²) >= 11 is 0. The largest absolute Gasteiger partial charge is 0.457 e. The van der Waals surface area contributed by atoms with Crippen LogP contribution >= 0.6 is 0 Å². The molecule has 0 saturated heterocycles. The van der Waals surface area contributed by atoms with Gasteiger partial charge in [0.15, 0.2) is 0 Å². The van der Waals surface area contributed by atoms with Gasteiger partial charge in [0.25, 0.3) is 5.91 Å². The molecule has 0 unspecified atom stereocenters. The second kappa shape index (κ2) is 10.1. The molecule has 0 aliphatic heterocycles. The molecule has 2 N–H and O–H groups in total. The molecule has 7 heteroatoms. The predicted molar refractivity (Wildman–Crippen MR) is 138 cm³/mol. The summed E-state index contributed by atoms with van der Waals surface area (Å²) in [7, 11) is 0. The van der Waals surface area contributed by atoms with Crippen LogP contribution in [0.3, 0.4) is 0 Å². The van der Waals surface area contributed by atoms with Crippen LogP contribution < -0.4 is 15.4 Å². The highest BCUT2D eigenvalue weighted by Gasteiger charge is 2.22. The number of hydrogen-bond acceptors (Lipinski definition) is 3. The van der Waals surface area contributed by atoms with E-state index in [2.05, 4.69) is 38.2 Å². The number of imide groups is 1. The average molecular weight is 495 g/mol. The van der Waals surface area contributed by atoms with Gasteiger partial charge in [0, 0.05) is 5.69 Å². The van der Waals surface area contributed by atoms with Crippen LogP contribution in [0.15, 0.2) is 36.4 Å². The average Bonchev–Trinajstić information content (AvgIpc) is 2.78. The highest BCUT2D eigenvalue weighted by atomic mass is 19.1. The molecule has 0 aromatic heterocycles. The van der Waals surface area contributed by atoms with Gasteiger partial charge in [-0.05, 0) is 91.6 Å². The Kier molecular flexibility index (Phi) is 7.53. The number of urea groups is 1. The highest BCUT2D eigenvalue weighted by molar-refractivity contribution is 6.08. The Balaban J connectivity index is 1.87. The third kappa shape index (κ3) is 5.40. The Morgan fingerprint density at radius 2 is 1.39 bits per heavy atom. The minimum absolute atomic E-state index is 0.0234. The Labute approximate surface area is 210 Å². The third-order valence-electron chi connectivity index (χ3n) is 6.46. The van der Waals surface area contributed by atoms with E-state index in [-0.39, 0.29) is 5.41 Å². The van der Waals surface area contributed by atoms with Crippen molar-refractivity contribution in [3.63, 3.8) is 0 Å². The molecule has 0 heterocycles. The van der Waals surface area contributed by atoms with Crippen molar-refractivity contribution in [3.8, 4) is 11.5 Å². The van der Waals surface area contributed by atoms with Crippen molar-refractivity contribution >= 4 is 17.6 Å². The molecule has 3 aromatic carbocycles. The molecule has 0 aliphatic carbocycles. The Bertz CT molecular complexity index is 1310. The van der Waals surface area contributed by atoms with Crippen molar-refractivity contribution in [1.29, 1.82) is 0 Å². The van der Waals surface area contributed by atoms with E-state index in [0.29, 0.717) is 11.4 Å². The van der Waals surface area contributed by atoms with E-state index in [4.69, 9.17) is 4.74 Å².